The molecule has 3 N–H and O–H groups in total. The first-order valence-corrected chi connectivity index (χ1v) is 14.7. The molecular formula is C28H35ClN8O3S. The summed E-state index contributed by atoms with van der Waals surface area (Å²) in [6, 6.07) is 7.55. The molecule has 2 amide bonds. The van der Waals surface area contributed by atoms with E-state index in [1.807, 2.05) is 32.0 Å². The lowest BCUT2D eigenvalue weighted by molar-refractivity contribution is -0.0650. The first-order valence-electron chi connectivity index (χ1n) is 13.5. The molecule has 13 heteroatoms. The van der Waals surface area contributed by atoms with Gasteiger partial charge in [0.1, 0.15) is 22.3 Å². The van der Waals surface area contributed by atoms with E-state index in [0.717, 1.165) is 37.6 Å². The summed E-state index contributed by atoms with van der Waals surface area (Å²) in [4.78, 5) is 44.7. The van der Waals surface area contributed by atoms with Crippen molar-refractivity contribution in [3.8, 4) is 0 Å². The second-order valence-electron chi connectivity index (χ2n) is 11.5. The lowest BCUT2D eigenvalue weighted by Crippen LogP contribution is -2.73. The Labute approximate surface area is 248 Å². The molecule has 2 aliphatic rings. The van der Waals surface area contributed by atoms with Crippen molar-refractivity contribution in [1.82, 2.24) is 24.8 Å². The molecule has 11 nitrogen and oxygen atoms in total. The molecule has 4 heterocycles. The van der Waals surface area contributed by atoms with Gasteiger partial charge in [-0.15, -0.1) is 0 Å². The molecule has 0 radical (unpaired) electrons. The number of halogens is 1. The number of aryl methyl sites for hydroxylation is 2. The summed E-state index contributed by atoms with van der Waals surface area (Å²) in [6.45, 7) is 13.8. The Morgan fingerprint density at radius 2 is 1.85 bits per heavy atom. The summed E-state index contributed by atoms with van der Waals surface area (Å²) in [5.74, 6) is 1.76. The van der Waals surface area contributed by atoms with Gasteiger partial charge in [0, 0.05) is 44.8 Å². The molecule has 3 aromatic rings. The van der Waals surface area contributed by atoms with Crippen molar-refractivity contribution in [3.63, 3.8) is 0 Å². The highest BCUT2D eigenvalue weighted by Gasteiger charge is 2.51. The van der Waals surface area contributed by atoms with Gasteiger partial charge in [-0.05, 0) is 30.9 Å². The number of rotatable bonds is 6. The van der Waals surface area contributed by atoms with Gasteiger partial charge in [-0.1, -0.05) is 55.8 Å². The van der Waals surface area contributed by atoms with Crippen LogP contribution in [0.15, 0.2) is 30.5 Å². The fourth-order valence-corrected chi connectivity index (χ4v) is 6.60. The molecule has 2 saturated heterocycles. The highest BCUT2D eigenvalue weighted by molar-refractivity contribution is 7.17. The highest BCUT2D eigenvalue weighted by Crippen LogP contribution is 2.37. The second kappa shape index (κ2) is 11.4. The molecule has 41 heavy (non-hydrogen) atoms. The van der Waals surface area contributed by atoms with Crippen molar-refractivity contribution in [2.24, 2.45) is 5.41 Å². The number of nitrogens with one attached hydrogen (secondary N) is 2. The number of carboxylic acid groups (broad SMARTS) is 1. The Bertz CT molecular complexity index is 1430. The fourth-order valence-electron chi connectivity index (χ4n) is 5.61. The standard InChI is InChI=1S/C28H35ClN8O3S/c1-16-7-6-8-18(29)23(16)34-25(38)20-14-30-26(41-20)33-21-13-22(32-17(2)31-21)36-11-9-35(10-12-36)19-15-37(27(39)40)24(19)28(3,4)5/h6-8,13-14,19,24H,9-12,15H2,1-5H3,(H,34,38)(H,39,40)(H,30,31,32,33). The molecule has 0 spiro atoms. The van der Waals surface area contributed by atoms with Gasteiger partial charge in [0.2, 0.25) is 0 Å². The summed E-state index contributed by atoms with van der Waals surface area (Å²) in [5.41, 5.74) is 1.33. The zero-order valence-corrected chi connectivity index (χ0v) is 25.4. The number of aromatic nitrogens is 3. The summed E-state index contributed by atoms with van der Waals surface area (Å²) >= 11 is 7.49. The molecule has 218 valence electrons. The average Bonchev–Trinajstić information content (AvgIpc) is 3.33. The number of piperazine rings is 1. The molecule has 0 bridgehead atoms. The normalized spacial score (nSPS) is 19.6. The van der Waals surface area contributed by atoms with E-state index in [9.17, 15) is 14.7 Å². The van der Waals surface area contributed by atoms with E-state index >= 15 is 0 Å². The Balaban J connectivity index is 1.22. The van der Waals surface area contributed by atoms with Gasteiger partial charge in [0.25, 0.3) is 5.91 Å². The van der Waals surface area contributed by atoms with Crippen molar-refractivity contribution in [2.45, 2.75) is 46.7 Å². The Morgan fingerprint density at radius 1 is 1.12 bits per heavy atom. The maximum Gasteiger partial charge on any atom is 0.407 e. The third-order valence-corrected chi connectivity index (χ3v) is 8.80. The maximum atomic E-state index is 12.8. The van der Waals surface area contributed by atoms with Crippen molar-refractivity contribution in [2.75, 3.05) is 48.3 Å². The number of amides is 2. The number of thiazole rings is 1. The van der Waals surface area contributed by atoms with E-state index < -0.39 is 6.09 Å². The van der Waals surface area contributed by atoms with Crippen molar-refractivity contribution in [3.05, 3.63) is 51.7 Å². The van der Waals surface area contributed by atoms with Crippen LogP contribution in [-0.4, -0.2) is 86.7 Å². The zero-order chi connectivity index (χ0) is 29.5. The third-order valence-electron chi connectivity index (χ3n) is 7.57. The monoisotopic (exact) mass is 598 g/mol. The SMILES string of the molecule is Cc1nc(Nc2ncc(C(=O)Nc3c(C)cccc3Cl)s2)cc(N2CCN(C3CN(C(=O)O)C3C(C)(C)C)CC2)n1. The molecule has 2 aliphatic heterocycles. The number of anilines is 4. The molecular weight excluding hydrogens is 564 g/mol. The van der Waals surface area contributed by atoms with Crippen LogP contribution in [0.3, 0.4) is 0 Å². The minimum atomic E-state index is -0.847. The van der Waals surface area contributed by atoms with Gasteiger partial charge in [0.05, 0.1) is 22.9 Å². The summed E-state index contributed by atoms with van der Waals surface area (Å²) in [7, 11) is 0. The van der Waals surface area contributed by atoms with Crippen LogP contribution >= 0.6 is 22.9 Å². The van der Waals surface area contributed by atoms with E-state index in [1.54, 1.807) is 11.0 Å². The number of hydrogen-bond donors (Lipinski definition) is 3. The predicted octanol–water partition coefficient (Wildman–Crippen LogP) is 5.10. The van der Waals surface area contributed by atoms with Gasteiger partial charge in [0.15, 0.2) is 5.13 Å². The van der Waals surface area contributed by atoms with Crippen LogP contribution in [-0.2, 0) is 0 Å². The third kappa shape index (κ3) is 6.24. The summed E-state index contributed by atoms with van der Waals surface area (Å²) < 4.78 is 0. The van der Waals surface area contributed by atoms with Gasteiger partial charge in [-0.3, -0.25) is 9.69 Å². The molecule has 0 saturated carbocycles. The van der Waals surface area contributed by atoms with E-state index in [2.05, 4.69) is 56.2 Å². The van der Waals surface area contributed by atoms with Crippen LogP contribution in [0.4, 0.5) is 27.2 Å². The summed E-state index contributed by atoms with van der Waals surface area (Å²) in [5, 5.41) is 16.7. The lowest BCUT2D eigenvalue weighted by atomic mass is 9.75. The highest BCUT2D eigenvalue weighted by atomic mass is 35.5. The molecule has 0 aliphatic carbocycles. The van der Waals surface area contributed by atoms with Gasteiger partial charge in [-0.2, -0.15) is 0 Å². The van der Waals surface area contributed by atoms with Gasteiger partial charge >= 0.3 is 6.09 Å². The zero-order valence-electron chi connectivity index (χ0n) is 23.8. The second-order valence-corrected chi connectivity index (χ2v) is 13.0. The lowest BCUT2D eigenvalue weighted by Gasteiger charge is -2.57. The quantitative estimate of drug-likeness (QED) is 0.355. The largest absolute Gasteiger partial charge is 0.465 e. The summed E-state index contributed by atoms with van der Waals surface area (Å²) in [6.07, 6.45) is 0.680. The number of likely N-dealkylation sites (tertiary alicyclic amines) is 1. The number of carbonyl (C=O) groups excluding carboxylic acids is 1. The number of para-hydroxylation sites is 1. The Kier molecular flexibility index (Phi) is 8.09. The first-order chi connectivity index (χ1) is 19.4. The number of benzene rings is 1. The van der Waals surface area contributed by atoms with E-state index in [1.165, 1.54) is 17.5 Å². The minimum Gasteiger partial charge on any atom is -0.465 e. The molecule has 2 unspecified atom stereocenters. The Hall–Kier alpha value is -3.48. The molecule has 2 atom stereocenters. The van der Waals surface area contributed by atoms with E-state index in [4.69, 9.17) is 11.6 Å². The predicted molar refractivity (Wildman–Crippen MR) is 162 cm³/mol. The topological polar surface area (TPSA) is 127 Å². The van der Waals surface area contributed by atoms with Crippen LogP contribution < -0.4 is 15.5 Å². The molecule has 2 aromatic heterocycles. The maximum absolute atomic E-state index is 12.8. The number of hydrogen-bond acceptors (Lipinski definition) is 9. The van der Waals surface area contributed by atoms with E-state index in [0.29, 0.717) is 38.9 Å². The van der Waals surface area contributed by atoms with Crippen molar-refractivity contribution >= 4 is 57.4 Å². The fraction of sp³-hybridized carbons (Fsp3) is 0.464. The molecule has 1 aromatic carbocycles. The molecule has 5 rings (SSSR count). The smallest absolute Gasteiger partial charge is 0.407 e. The molecule has 2 fully saturated rings. The van der Waals surface area contributed by atoms with Crippen molar-refractivity contribution in [1.29, 1.82) is 0 Å². The average molecular weight is 599 g/mol. The first kappa shape index (κ1) is 29.0. The Morgan fingerprint density at radius 3 is 2.51 bits per heavy atom. The van der Waals surface area contributed by atoms with Crippen LogP contribution in [0.5, 0.6) is 0 Å². The van der Waals surface area contributed by atoms with E-state index in [-0.39, 0.29) is 23.4 Å². The van der Waals surface area contributed by atoms with Crippen molar-refractivity contribution < 1.29 is 14.7 Å². The van der Waals surface area contributed by atoms with Crippen LogP contribution in [0.2, 0.25) is 5.02 Å². The van der Waals surface area contributed by atoms with Crippen LogP contribution in [0.1, 0.15) is 41.8 Å². The number of nitrogens with zero attached hydrogens (tertiary/aromatic N) is 6. The van der Waals surface area contributed by atoms with Crippen LogP contribution in [0.25, 0.3) is 0 Å². The van der Waals surface area contributed by atoms with Crippen LogP contribution in [0, 0.1) is 19.3 Å². The van der Waals surface area contributed by atoms with Gasteiger partial charge in [-0.25, -0.2) is 19.7 Å². The number of carbonyl (C=O) groups is 2. The minimum absolute atomic E-state index is 0.0254. The van der Waals surface area contributed by atoms with Gasteiger partial charge < -0.3 is 25.5 Å².